The number of anilines is 2. The first-order valence-electron chi connectivity index (χ1n) is 8.65. The standard InChI is InChI=1S/C22H18N4O/c1-15(27)24-17-7-4-6-16(14-17)11-12-21-25-19-9-3-2-8-18(19)22-20(26-21)10-5-13-23-22/h2-14H,1H3,(H,24,27)(H,25,26)/b12-11+. The van der Waals surface area contributed by atoms with Crippen LogP contribution in [0.2, 0.25) is 0 Å². The number of aromatic nitrogens is 1. The molecule has 2 heterocycles. The quantitative estimate of drug-likeness (QED) is 0.705. The number of amidine groups is 1. The van der Waals surface area contributed by atoms with Gasteiger partial charge in [-0.2, -0.15) is 0 Å². The highest BCUT2D eigenvalue weighted by atomic mass is 16.1. The Morgan fingerprint density at radius 1 is 1.04 bits per heavy atom. The third kappa shape index (κ3) is 3.77. The highest BCUT2D eigenvalue weighted by Crippen LogP contribution is 2.35. The molecule has 0 radical (unpaired) electrons. The minimum absolute atomic E-state index is 0.0911. The number of benzene rings is 2. The number of hydrogen-bond acceptors (Lipinski definition) is 4. The molecular formula is C22H18N4O. The van der Waals surface area contributed by atoms with Gasteiger partial charge in [0.15, 0.2) is 0 Å². The second-order valence-corrected chi connectivity index (χ2v) is 6.18. The van der Waals surface area contributed by atoms with Crippen LogP contribution >= 0.6 is 0 Å². The van der Waals surface area contributed by atoms with E-state index in [1.807, 2.05) is 72.8 Å². The highest BCUT2D eigenvalue weighted by molar-refractivity contribution is 6.11. The fourth-order valence-electron chi connectivity index (χ4n) is 2.97. The number of pyridine rings is 1. The van der Waals surface area contributed by atoms with Gasteiger partial charge in [-0.1, -0.05) is 36.4 Å². The third-order valence-corrected chi connectivity index (χ3v) is 4.11. The van der Waals surface area contributed by atoms with Crippen LogP contribution in [0.1, 0.15) is 12.5 Å². The lowest BCUT2D eigenvalue weighted by atomic mass is 10.1. The van der Waals surface area contributed by atoms with Gasteiger partial charge in [0.2, 0.25) is 5.91 Å². The number of fused-ring (bicyclic) bond motifs is 3. The third-order valence-electron chi connectivity index (χ3n) is 4.11. The van der Waals surface area contributed by atoms with Gasteiger partial charge in [-0.15, -0.1) is 0 Å². The van der Waals surface area contributed by atoms with Crippen molar-refractivity contribution >= 4 is 34.9 Å². The van der Waals surface area contributed by atoms with Crippen molar-refractivity contribution in [2.45, 2.75) is 6.92 Å². The second kappa shape index (κ2) is 7.25. The summed E-state index contributed by atoms with van der Waals surface area (Å²) in [7, 11) is 0. The second-order valence-electron chi connectivity index (χ2n) is 6.18. The Bertz CT molecular complexity index is 1070. The highest BCUT2D eigenvalue weighted by Gasteiger charge is 2.15. The van der Waals surface area contributed by atoms with Gasteiger partial charge in [-0.25, -0.2) is 4.99 Å². The molecule has 4 rings (SSSR count). The van der Waals surface area contributed by atoms with Crippen LogP contribution in [0, 0.1) is 0 Å². The maximum Gasteiger partial charge on any atom is 0.221 e. The van der Waals surface area contributed by atoms with Gasteiger partial charge in [0.05, 0.1) is 17.1 Å². The lowest BCUT2D eigenvalue weighted by Crippen LogP contribution is -2.08. The molecule has 0 spiro atoms. The van der Waals surface area contributed by atoms with Gasteiger partial charge in [0.25, 0.3) is 0 Å². The number of nitrogens with one attached hydrogen (secondary N) is 2. The molecule has 5 heteroatoms. The molecule has 2 N–H and O–H groups in total. The number of carbonyl (C=O) groups is 1. The van der Waals surface area contributed by atoms with E-state index in [-0.39, 0.29) is 5.91 Å². The molecule has 0 bridgehead atoms. The molecule has 3 aromatic rings. The zero-order chi connectivity index (χ0) is 18.6. The summed E-state index contributed by atoms with van der Waals surface area (Å²) in [5.41, 5.74) is 5.39. The molecule has 0 aliphatic carbocycles. The van der Waals surface area contributed by atoms with Crippen molar-refractivity contribution in [2.75, 3.05) is 10.6 Å². The molecular weight excluding hydrogens is 336 g/mol. The first kappa shape index (κ1) is 16.7. The van der Waals surface area contributed by atoms with Gasteiger partial charge in [-0.3, -0.25) is 9.78 Å². The smallest absolute Gasteiger partial charge is 0.221 e. The molecule has 0 atom stereocenters. The van der Waals surface area contributed by atoms with Crippen molar-refractivity contribution in [3.8, 4) is 11.3 Å². The Hall–Kier alpha value is -3.73. The fourth-order valence-corrected chi connectivity index (χ4v) is 2.97. The first-order chi connectivity index (χ1) is 13.2. The van der Waals surface area contributed by atoms with Crippen LogP contribution in [-0.4, -0.2) is 16.7 Å². The van der Waals surface area contributed by atoms with E-state index in [9.17, 15) is 4.79 Å². The molecule has 1 amide bonds. The Balaban J connectivity index is 1.68. The number of para-hydroxylation sites is 1. The summed E-state index contributed by atoms with van der Waals surface area (Å²) in [6.45, 7) is 1.50. The predicted octanol–water partition coefficient (Wildman–Crippen LogP) is 4.88. The van der Waals surface area contributed by atoms with Crippen LogP contribution in [0.4, 0.5) is 17.1 Å². The van der Waals surface area contributed by atoms with Crippen LogP contribution in [-0.2, 0) is 4.79 Å². The van der Waals surface area contributed by atoms with Crippen LogP contribution < -0.4 is 10.6 Å². The summed E-state index contributed by atoms with van der Waals surface area (Å²) in [5, 5.41) is 6.15. The van der Waals surface area contributed by atoms with E-state index in [1.54, 1.807) is 6.20 Å². The topological polar surface area (TPSA) is 66.4 Å². The zero-order valence-corrected chi connectivity index (χ0v) is 14.8. The minimum atomic E-state index is -0.0911. The van der Waals surface area contributed by atoms with E-state index < -0.39 is 0 Å². The van der Waals surface area contributed by atoms with Crippen LogP contribution in [0.5, 0.6) is 0 Å². The summed E-state index contributed by atoms with van der Waals surface area (Å²) in [5.74, 6) is 0.630. The molecule has 5 nitrogen and oxygen atoms in total. The number of rotatable bonds is 3. The molecule has 0 fully saturated rings. The largest absolute Gasteiger partial charge is 0.338 e. The molecule has 2 aromatic carbocycles. The van der Waals surface area contributed by atoms with Gasteiger partial charge in [-0.05, 0) is 42.0 Å². The number of carbonyl (C=O) groups excluding carboxylic acids is 1. The van der Waals surface area contributed by atoms with Gasteiger partial charge in [0, 0.05) is 24.4 Å². The molecule has 1 aliphatic heterocycles. The summed E-state index contributed by atoms with van der Waals surface area (Å²) in [6, 6.07) is 19.5. The molecule has 1 aliphatic rings. The predicted molar refractivity (Wildman–Crippen MR) is 110 cm³/mol. The number of nitrogens with zero attached hydrogens (tertiary/aromatic N) is 2. The van der Waals surface area contributed by atoms with E-state index in [1.165, 1.54) is 6.92 Å². The number of aliphatic imine (C=N–C) groups is 1. The normalized spacial score (nSPS) is 12.4. The van der Waals surface area contributed by atoms with Crippen molar-refractivity contribution < 1.29 is 4.79 Å². The van der Waals surface area contributed by atoms with Crippen molar-refractivity contribution in [1.82, 2.24) is 4.98 Å². The molecule has 0 unspecified atom stereocenters. The van der Waals surface area contributed by atoms with Crippen LogP contribution in [0.15, 0.2) is 77.9 Å². The SMILES string of the molecule is CC(=O)Nc1cccc(/C=C/C2=Nc3ccccc3-c3ncccc3N2)c1. The maximum atomic E-state index is 11.2. The lowest BCUT2D eigenvalue weighted by molar-refractivity contribution is -0.114. The van der Waals surface area contributed by atoms with E-state index in [4.69, 9.17) is 4.99 Å². The average molecular weight is 354 g/mol. The number of hydrogen-bond donors (Lipinski definition) is 2. The molecule has 0 saturated carbocycles. The summed E-state index contributed by atoms with van der Waals surface area (Å²) < 4.78 is 0. The van der Waals surface area contributed by atoms with E-state index in [0.29, 0.717) is 0 Å². The van der Waals surface area contributed by atoms with E-state index in [0.717, 1.165) is 39.7 Å². The molecule has 27 heavy (non-hydrogen) atoms. The summed E-state index contributed by atoms with van der Waals surface area (Å²) in [4.78, 5) is 20.5. The van der Waals surface area contributed by atoms with Crippen LogP contribution in [0.25, 0.3) is 17.3 Å². The Labute approximate surface area is 157 Å². The number of amides is 1. The Morgan fingerprint density at radius 2 is 1.93 bits per heavy atom. The van der Waals surface area contributed by atoms with Crippen molar-refractivity contribution in [1.29, 1.82) is 0 Å². The van der Waals surface area contributed by atoms with Crippen LogP contribution in [0.3, 0.4) is 0 Å². The molecule has 132 valence electrons. The van der Waals surface area contributed by atoms with Gasteiger partial charge in [0.1, 0.15) is 5.84 Å². The first-order valence-corrected chi connectivity index (χ1v) is 8.65. The lowest BCUT2D eigenvalue weighted by Gasteiger charge is -2.07. The molecule has 0 saturated heterocycles. The Morgan fingerprint density at radius 3 is 2.81 bits per heavy atom. The average Bonchev–Trinajstić information content (AvgIpc) is 2.83. The summed E-state index contributed by atoms with van der Waals surface area (Å²) >= 11 is 0. The van der Waals surface area contributed by atoms with Crippen molar-refractivity contribution in [3.05, 3.63) is 78.5 Å². The molecule has 1 aromatic heterocycles. The van der Waals surface area contributed by atoms with Gasteiger partial charge >= 0.3 is 0 Å². The zero-order valence-electron chi connectivity index (χ0n) is 14.8. The summed E-state index contributed by atoms with van der Waals surface area (Å²) in [6.07, 6.45) is 5.67. The van der Waals surface area contributed by atoms with E-state index in [2.05, 4.69) is 15.6 Å². The van der Waals surface area contributed by atoms with Crippen molar-refractivity contribution in [3.63, 3.8) is 0 Å². The van der Waals surface area contributed by atoms with E-state index >= 15 is 0 Å². The fraction of sp³-hybridized carbons (Fsp3) is 0.0455. The minimum Gasteiger partial charge on any atom is -0.338 e. The van der Waals surface area contributed by atoms with Gasteiger partial charge < -0.3 is 10.6 Å². The Kier molecular flexibility index (Phi) is 4.49. The van der Waals surface area contributed by atoms with Crippen molar-refractivity contribution in [2.24, 2.45) is 4.99 Å². The monoisotopic (exact) mass is 354 g/mol. The maximum absolute atomic E-state index is 11.2.